The van der Waals surface area contributed by atoms with Gasteiger partial charge >= 0.3 is 0 Å². The Morgan fingerprint density at radius 2 is 1.31 bits per heavy atom. The molecule has 0 saturated carbocycles. The molecule has 4 heteroatoms. The molecule has 0 bridgehead atoms. The van der Waals surface area contributed by atoms with Crippen LogP contribution in [0.3, 0.4) is 0 Å². The summed E-state index contributed by atoms with van der Waals surface area (Å²) in [5.41, 5.74) is 6.07. The van der Waals surface area contributed by atoms with Crippen LogP contribution in [0.2, 0.25) is 5.02 Å². The third-order valence-corrected chi connectivity index (χ3v) is 6.74. The van der Waals surface area contributed by atoms with E-state index in [0.717, 1.165) is 44.4 Å². The summed E-state index contributed by atoms with van der Waals surface area (Å²) in [6.45, 7) is 1.98. The monoisotopic (exact) mass is 472 g/mol. The first-order valence-corrected chi connectivity index (χ1v) is 11.9. The number of hydrogen-bond acceptors (Lipinski definition) is 2. The summed E-state index contributed by atoms with van der Waals surface area (Å²) < 4.78 is 1.83. The van der Waals surface area contributed by atoms with E-state index in [1.54, 1.807) is 6.20 Å². The molecule has 0 fully saturated rings. The Balaban J connectivity index is 1.91. The topological polar surface area (TPSA) is 34.9 Å². The predicted octanol–water partition coefficient (Wildman–Crippen LogP) is 7.83. The highest BCUT2D eigenvalue weighted by atomic mass is 35.5. The van der Waals surface area contributed by atoms with Crippen molar-refractivity contribution in [1.29, 1.82) is 0 Å². The van der Waals surface area contributed by atoms with Gasteiger partial charge in [0, 0.05) is 22.5 Å². The van der Waals surface area contributed by atoms with Crippen molar-refractivity contribution >= 4 is 33.3 Å². The molecule has 0 aliphatic heterocycles. The maximum atomic E-state index is 14.3. The minimum atomic E-state index is -0.0866. The maximum Gasteiger partial charge on any atom is 0.263 e. The fourth-order valence-electron chi connectivity index (χ4n) is 4.92. The van der Waals surface area contributed by atoms with Gasteiger partial charge in [-0.3, -0.25) is 14.3 Å². The Bertz CT molecular complexity index is 1770. The van der Waals surface area contributed by atoms with Crippen LogP contribution in [0.25, 0.3) is 49.7 Å². The summed E-state index contributed by atoms with van der Waals surface area (Å²) in [7, 11) is 0. The second-order valence-corrected chi connectivity index (χ2v) is 8.97. The molecule has 4 aromatic carbocycles. The molecule has 2 heterocycles. The highest BCUT2D eigenvalue weighted by Crippen LogP contribution is 2.40. The largest absolute Gasteiger partial charge is 0.273 e. The van der Waals surface area contributed by atoms with Crippen LogP contribution < -0.4 is 5.56 Å². The van der Waals surface area contributed by atoms with Crippen LogP contribution in [-0.4, -0.2) is 9.55 Å². The van der Waals surface area contributed by atoms with Crippen LogP contribution in [0.1, 0.15) is 5.56 Å². The number of aryl methyl sites for hydroxylation is 1. The zero-order valence-corrected chi connectivity index (χ0v) is 19.8. The van der Waals surface area contributed by atoms with Gasteiger partial charge in [0.2, 0.25) is 0 Å². The van der Waals surface area contributed by atoms with E-state index in [-0.39, 0.29) is 5.56 Å². The van der Waals surface area contributed by atoms with E-state index in [9.17, 15) is 4.79 Å². The molecule has 0 saturated heterocycles. The molecule has 3 nitrogen and oxygen atoms in total. The van der Waals surface area contributed by atoms with E-state index >= 15 is 0 Å². The van der Waals surface area contributed by atoms with Crippen LogP contribution in [0.4, 0.5) is 0 Å². The molecule has 2 aromatic heterocycles. The van der Waals surface area contributed by atoms with E-state index in [1.165, 1.54) is 0 Å². The van der Waals surface area contributed by atoms with Crippen LogP contribution in [0.5, 0.6) is 0 Å². The fraction of sp³-hybridized carbons (Fsp3) is 0.0323. The van der Waals surface area contributed by atoms with Gasteiger partial charge in [-0.25, -0.2) is 0 Å². The lowest BCUT2D eigenvalue weighted by atomic mass is 9.93. The Morgan fingerprint density at radius 3 is 2.03 bits per heavy atom. The van der Waals surface area contributed by atoms with E-state index in [1.807, 2.05) is 102 Å². The van der Waals surface area contributed by atoms with Crippen molar-refractivity contribution in [2.45, 2.75) is 6.92 Å². The average molecular weight is 473 g/mol. The SMILES string of the molecule is Cc1cc(Cl)c2cccnc2c1-n1c(-c2ccccc2)c(-c2ccccc2)c2ccccc2c1=O. The van der Waals surface area contributed by atoms with Crippen molar-refractivity contribution in [3.8, 4) is 28.1 Å². The molecular weight excluding hydrogens is 452 g/mol. The molecule has 0 radical (unpaired) electrons. The summed E-state index contributed by atoms with van der Waals surface area (Å²) in [6.07, 6.45) is 1.74. The minimum Gasteiger partial charge on any atom is -0.273 e. The predicted molar refractivity (Wildman–Crippen MR) is 145 cm³/mol. The third kappa shape index (κ3) is 3.44. The lowest BCUT2D eigenvalue weighted by molar-refractivity contribution is 1.01. The van der Waals surface area contributed by atoms with Gasteiger partial charge in [-0.05, 0) is 53.3 Å². The first-order chi connectivity index (χ1) is 17.1. The van der Waals surface area contributed by atoms with Crippen molar-refractivity contribution in [3.05, 3.63) is 130 Å². The number of pyridine rings is 2. The maximum absolute atomic E-state index is 14.3. The molecule has 6 rings (SSSR count). The standard InChI is InChI=1S/C31H21ClN2O/c1-20-19-26(32)25-17-10-18-33-28(25)29(20)34-30(22-13-6-3-7-14-22)27(21-11-4-2-5-12-21)23-15-8-9-16-24(23)31(34)35/h2-19H,1H3. The molecule has 0 N–H and O–H groups in total. The van der Waals surface area contributed by atoms with Crippen molar-refractivity contribution in [3.63, 3.8) is 0 Å². The highest BCUT2D eigenvalue weighted by Gasteiger charge is 2.23. The van der Waals surface area contributed by atoms with Gasteiger partial charge < -0.3 is 0 Å². The van der Waals surface area contributed by atoms with Crippen molar-refractivity contribution < 1.29 is 0 Å². The Morgan fingerprint density at radius 1 is 0.714 bits per heavy atom. The Hall–Kier alpha value is -4.21. The number of hydrogen-bond donors (Lipinski definition) is 0. The van der Waals surface area contributed by atoms with Gasteiger partial charge in [0.25, 0.3) is 5.56 Å². The van der Waals surface area contributed by atoms with E-state index in [0.29, 0.717) is 15.9 Å². The number of rotatable bonds is 3. The molecule has 0 aliphatic rings. The minimum absolute atomic E-state index is 0.0866. The zero-order valence-electron chi connectivity index (χ0n) is 19.1. The summed E-state index contributed by atoms with van der Waals surface area (Å²) in [6, 6.07) is 33.9. The van der Waals surface area contributed by atoms with Crippen LogP contribution in [0, 0.1) is 6.92 Å². The molecular formula is C31H21ClN2O. The third-order valence-electron chi connectivity index (χ3n) is 6.43. The molecule has 0 spiro atoms. The van der Waals surface area contributed by atoms with E-state index in [2.05, 4.69) is 12.1 Å². The summed E-state index contributed by atoms with van der Waals surface area (Å²) in [4.78, 5) is 19.0. The van der Waals surface area contributed by atoms with Gasteiger partial charge in [-0.15, -0.1) is 0 Å². The fourth-order valence-corrected chi connectivity index (χ4v) is 5.24. The van der Waals surface area contributed by atoms with Gasteiger partial charge in [-0.2, -0.15) is 0 Å². The van der Waals surface area contributed by atoms with Crippen LogP contribution >= 0.6 is 11.6 Å². The molecule has 6 aromatic rings. The van der Waals surface area contributed by atoms with Crippen LogP contribution in [-0.2, 0) is 0 Å². The first-order valence-electron chi connectivity index (χ1n) is 11.5. The average Bonchev–Trinajstić information content (AvgIpc) is 2.90. The van der Waals surface area contributed by atoms with Crippen molar-refractivity contribution in [1.82, 2.24) is 9.55 Å². The lowest BCUT2D eigenvalue weighted by Crippen LogP contribution is -2.23. The van der Waals surface area contributed by atoms with Gasteiger partial charge in [0.1, 0.15) is 0 Å². The summed E-state index contributed by atoms with van der Waals surface area (Å²) in [5.74, 6) is 0. The Labute approximate surface area is 207 Å². The number of halogens is 1. The number of nitrogens with zero attached hydrogens (tertiary/aromatic N) is 2. The second-order valence-electron chi connectivity index (χ2n) is 8.57. The molecule has 0 unspecified atom stereocenters. The zero-order chi connectivity index (χ0) is 23.9. The molecule has 168 valence electrons. The van der Waals surface area contributed by atoms with Crippen molar-refractivity contribution in [2.75, 3.05) is 0 Å². The van der Waals surface area contributed by atoms with Crippen molar-refractivity contribution in [2.24, 2.45) is 0 Å². The van der Waals surface area contributed by atoms with Crippen LogP contribution in [0.15, 0.2) is 114 Å². The number of benzene rings is 4. The summed E-state index contributed by atoms with van der Waals surface area (Å²) >= 11 is 6.61. The summed E-state index contributed by atoms with van der Waals surface area (Å²) in [5, 5.41) is 3.01. The van der Waals surface area contributed by atoms with Gasteiger partial charge in [0.15, 0.2) is 0 Å². The lowest BCUT2D eigenvalue weighted by Gasteiger charge is -2.23. The van der Waals surface area contributed by atoms with E-state index in [4.69, 9.17) is 16.6 Å². The molecule has 35 heavy (non-hydrogen) atoms. The van der Waals surface area contributed by atoms with E-state index < -0.39 is 0 Å². The highest BCUT2D eigenvalue weighted by molar-refractivity contribution is 6.35. The first kappa shape index (κ1) is 21.3. The number of fused-ring (bicyclic) bond motifs is 2. The van der Waals surface area contributed by atoms with Gasteiger partial charge in [0.05, 0.1) is 21.9 Å². The molecule has 0 aliphatic carbocycles. The second kappa shape index (κ2) is 8.53. The molecule has 0 atom stereocenters. The number of aromatic nitrogens is 2. The molecule has 0 amide bonds. The quantitative estimate of drug-likeness (QED) is 0.263. The normalized spacial score (nSPS) is 11.3. The Kier molecular flexibility index (Phi) is 5.20. The van der Waals surface area contributed by atoms with Gasteiger partial charge in [-0.1, -0.05) is 90.5 Å². The smallest absolute Gasteiger partial charge is 0.263 e.